The quantitative estimate of drug-likeness (QED) is 0.0516. The van der Waals surface area contributed by atoms with Gasteiger partial charge >= 0.3 is 5.97 Å². The van der Waals surface area contributed by atoms with Crippen LogP contribution in [0.4, 0.5) is 0 Å². The minimum absolute atomic E-state index is 0.0706. The molecule has 0 radical (unpaired) electrons. The number of nitrogens with zero attached hydrogens (tertiary/aromatic N) is 1. The second-order valence-corrected chi connectivity index (χ2v) is 10.9. The molecule has 11 nitrogen and oxygen atoms in total. The van der Waals surface area contributed by atoms with E-state index in [2.05, 4.69) is 10.5 Å². The molecule has 3 aromatic rings. The number of hydrogen-bond acceptors (Lipinski definition) is 10. The van der Waals surface area contributed by atoms with Gasteiger partial charge in [-0.3, -0.25) is 10.2 Å². The smallest absolute Gasteiger partial charge is 0.323 e. The number of rotatable bonds is 16. The summed E-state index contributed by atoms with van der Waals surface area (Å²) in [6, 6.07) is 15.5. The number of halogens is 2. The van der Waals surface area contributed by atoms with Crippen molar-refractivity contribution in [3.63, 3.8) is 0 Å². The molecule has 4 rings (SSSR count). The van der Waals surface area contributed by atoms with Crippen LogP contribution in [0.15, 0.2) is 83.6 Å². The lowest BCUT2D eigenvalue weighted by molar-refractivity contribution is -0.140. The molecule has 1 aliphatic rings. The molecular formula is C33H34Cl2N4O7. The first-order valence-electron chi connectivity index (χ1n) is 14.3. The van der Waals surface area contributed by atoms with Crippen LogP contribution in [0.2, 0.25) is 10.0 Å². The number of ether oxygens (including phenoxy) is 3. The van der Waals surface area contributed by atoms with Crippen LogP contribution in [0.5, 0.6) is 17.2 Å². The van der Waals surface area contributed by atoms with Crippen LogP contribution >= 0.6 is 23.2 Å². The van der Waals surface area contributed by atoms with Crippen LogP contribution in [-0.2, 0) is 17.9 Å². The fourth-order valence-electron chi connectivity index (χ4n) is 4.49. The normalized spacial score (nSPS) is 14.2. The number of carboxylic acids is 1. The third kappa shape index (κ3) is 9.09. The van der Waals surface area contributed by atoms with Gasteiger partial charge in [0.1, 0.15) is 42.2 Å². The van der Waals surface area contributed by atoms with E-state index in [0.717, 1.165) is 16.7 Å². The second-order valence-electron chi connectivity index (χ2n) is 10.2. The number of carboxylic acid groups (broad SMARTS) is 1. The minimum atomic E-state index is -1.10. The lowest BCUT2D eigenvalue weighted by Crippen LogP contribution is -2.40. The summed E-state index contributed by atoms with van der Waals surface area (Å²) < 4.78 is 17.9. The molecule has 7 N–H and O–H groups in total. The van der Waals surface area contributed by atoms with Crippen molar-refractivity contribution in [1.29, 1.82) is 5.41 Å². The van der Waals surface area contributed by atoms with Crippen molar-refractivity contribution in [3.8, 4) is 28.4 Å². The average Bonchev–Trinajstić information content (AvgIpc) is 3.05. The second kappa shape index (κ2) is 16.8. The Morgan fingerprint density at radius 1 is 1.00 bits per heavy atom. The molecule has 0 saturated carbocycles. The third-order valence-electron chi connectivity index (χ3n) is 6.97. The highest BCUT2D eigenvalue weighted by Crippen LogP contribution is 2.36. The Kier molecular flexibility index (Phi) is 12.6. The summed E-state index contributed by atoms with van der Waals surface area (Å²) in [5.41, 5.74) is 9.90. The van der Waals surface area contributed by atoms with Crippen LogP contribution in [-0.4, -0.2) is 65.2 Å². The van der Waals surface area contributed by atoms with Gasteiger partial charge in [0.15, 0.2) is 0 Å². The number of nitrogens with two attached hydrogens (primary N) is 1. The van der Waals surface area contributed by atoms with Gasteiger partial charge in [0, 0.05) is 29.3 Å². The van der Waals surface area contributed by atoms with E-state index in [4.69, 9.17) is 64.0 Å². The number of oxime groups is 1. The largest absolute Gasteiger partial charge is 0.494 e. The standard InChI is InChI=1S/C33H34Cl2N4O7/c34-26-14-23(16-36)30(45-18-20-8-9-28(39-43)27(37)12-20)15-31(26)46-19-22-5-2-7-25(32(22)35)21-4-1-6-24(13-21)44-11-3-10-38-29(17-40)33(41)42/h1-2,4-9,12-15,29,37-38,40,43H,3,10-11,16-19,36H2,(H,41,42)/b37-27?,39-28-. The third-order valence-corrected chi connectivity index (χ3v) is 7.71. The predicted molar refractivity (Wildman–Crippen MR) is 177 cm³/mol. The summed E-state index contributed by atoms with van der Waals surface area (Å²) in [7, 11) is 0. The summed E-state index contributed by atoms with van der Waals surface area (Å²) in [5, 5.41) is 41.7. The SMILES string of the molecule is N=C1C=C(COc2cc(OCc3cccc(-c4cccc(OCCCNC(CO)C(=O)O)c4)c3Cl)c(Cl)cc2CN)C=C/C1=N/O. The Hall–Kier alpha value is -4.39. The molecule has 0 heterocycles. The molecule has 0 bridgehead atoms. The lowest BCUT2D eigenvalue weighted by atomic mass is 10.0. The number of hydrogen-bond donors (Lipinski definition) is 6. The maximum Gasteiger partial charge on any atom is 0.323 e. The molecule has 0 aromatic heterocycles. The molecule has 13 heteroatoms. The van der Waals surface area contributed by atoms with Gasteiger partial charge in [0.25, 0.3) is 0 Å². The van der Waals surface area contributed by atoms with E-state index in [0.29, 0.717) is 58.0 Å². The Labute approximate surface area is 276 Å². The molecule has 0 fully saturated rings. The van der Waals surface area contributed by atoms with Crippen LogP contribution in [0.3, 0.4) is 0 Å². The maximum absolute atomic E-state index is 11.0. The first kappa shape index (κ1) is 34.5. The fraction of sp³-hybridized carbons (Fsp3) is 0.242. The van der Waals surface area contributed by atoms with Gasteiger partial charge in [-0.05, 0) is 54.5 Å². The highest BCUT2D eigenvalue weighted by Gasteiger charge is 2.16. The van der Waals surface area contributed by atoms with Gasteiger partial charge < -0.3 is 40.7 Å². The van der Waals surface area contributed by atoms with Gasteiger partial charge in [-0.25, -0.2) is 0 Å². The van der Waals surface area contributed by atoms with Crippen molar-refractivity contribution in [3.05, 3.63) is 99.6 Å². The zero-order valence-corrected chi connectivity index (χ0v) is 26.2. The molecule has 0 spiro atoms. The number of aliphatic hydroxyl groups is 1. The van der Waals surface area contributed by atoms with Crippen LogP contribution in [0, 0.1) is 5.41 Å². The van der Waals surface area contributed by atoms with Crippen molar-refractivity contribution in [2.24, 2.45) is 10.9 Å². The summed E-state index contributed by atoms with van der Waals surface area (Å²) in [5.74, 6) is 0.382. The van der Waals surface area contributed by atoms with Gasteiger partial charge in [-0.15, -0.1) is 0 Å². The number of carbonyl (C=O) groups is 1. The number of nitrogens with one attached hydrogen (secondary N) is 2. The summed E-state index contributed by atoms with van der Waals surface area (Å²) in [4.78, 5) is 11.0. The Balaban J connectivity index is 1.40. The predicted octanol–water partition coefficient (Wildman–Crippen LogP) is 5.23. The Bertz CT molecular complexity index is 1660. The number of aliphatic hydroxyl groups excluding tert-OH is 1. The Morgan fingerprint density at radius 2 is 1.78 bits per heavy atom. The fourth-order valence-corrected chi connectivity index (χ4v) is 5.02. The lowest BCUT2D eigenvalue weighted by Gasteiger charge is -2.17. The zero-order valence-electron chi connectivity index (χ0n) is 24.7. The van der Waals surface area contributed by atoms with Crippen LogP contribution < -0.4 is 25.3 Å². The number of aliphatic carboxylic acids is 1. The van der Waals surface area contributed by atoms with E-state index in [9.17, 15) is 4.79 Å². The van der Waals surface area contributed by atoms with Gasteiger partial charge in [-0.1, -0.05) is 64.8 Å². The van der Waals surface area contributed by atoms with E-state index >= 15 is 0 Å². The molecule has 0 saturated heterocycles. The summed E-state index contributed by atoms with van der Waals surface area (Å²) in [6.45, 7) is 0.693. The highest BCUT2D eigenvalue weighted by molar-refractivity contribution is 6.50. The van der Waals surface area contributed by atoms with Crippen molar-refractivity contribution in [1.82, 2.24) is 5.32 Å². The van der Waals surface area contributed by atoms with Gasteiger partial charge in [0.05, 0.1) is 29.0 Å². The molecule has 1 unspecified atom stereocenters. The minimum Gasteiger partial charge on any atom is -0.494 e. The first-order chi connectivity index (χ1) is 22.2. The van der Waals surface area contributed by atoms with E-state index < -0.39 is 18.6 Å². The molecule has 3 aromatic carbocycles. The van der Waals surface area contributed by atoms with Crippen molar-refractivity contribution in [2.75, 3.05) is 26.4 Å². The average molecular weight is 670 g/mol. The molecule has 1 atom stereocenters. The highest BCUT2D eigenvalue weighted by atomic mass is 35.5. The zero-order chi connectivity index (χ0) is 33.1. The van der Waals surface area contributed by atoms with Gasteiger partial charge in [0.2, 0.25) is 0 Å². The van der Waals surface area contributed by atoms with E-state index in [1.165, 1.54) is 6.08 Å². The summed E-state index contributed by atoms with van der Waals surface area (Å²) >= 11 is 13.4. The van der Waals surface area contributed by atoms with Crippen molar-refractivity contribution >= 4 is 40.6 Å². The summed E-state index contributed by atoms with van der Waals surface area (Å²) in [6.07, 6.45) is 5.33. The first-order valence-corrected chi connectivity index (χ1v) is 15.0. The number of benzene rings is 3. The molecule has 0 aliphatic heterocycles. The number of allylic oxidation sites excluding steroid dienone is 2. The monoisotopic (exact) mass is 668 g/mol. The molecule has 46 heavy (non-hydrogen) atoms. The van der Waals surface area contributed by atoms with E-state index in [1.54, 1.807) is 24.3 Å². The molecule has 0 amide bonds. The van der Waals surface area contributed by atoms with Crippen LogP contribution in [0.25, 0.3) is 11.1 Å². The Morgan fingerprint density at radius 3 is 2.50 bits per heavy atom. The van der Waals surface area contributed by atoms with Gasteiger partial charge in [-0.2, -0.15) is 0 Å². The van der Waals surface area contributed by atoms with Crippen molar-refractivity contribution < 1.29 is 34.4 Å². The topological polar surface area (TPSA) is 180 Å². The molecule has 242 valence electrons. The van der Waals surface area contributed by atoms with E-state index in [-0.39, 0.29) is 31.2 Å². The molecule has 1 aliphatic carbocycles. The van der Waals surface area contributed by atoms with Crippen molar-refractivity contribution in [2.45, 2.75) is 25.6 Å². The molecular weight excluding hydrogens is 635 g/mol. The van der Waals surface area contributed by atoms with Crippen LogP contribution in [0.1, 0.15) is 17.5 Å². The maximum atomic E-state index is 11.0. The van der Waals surface area contributed by atoms with E-state index in [1.807, 2.05) is 42.5 Å².